The van der Waals surface area contributed by atoms with E-state index >= 15 is 0 Å². The van der Waals surface area contributed by atoms with Gasteiger partial charge in [0.25, 0.3) is 5.91 Å². The number of thiophene rings is 2. The number of carbonyl (C=O) groups excluding carboxylic acids is 1. The van der Waals surface area contributed by atoms with Crippen molar-refractivity contribution in [3.05, 3.63) is 37.9 Å². The molecule has 0 aliphatic heterocycles. The summed E-state index contributed by atoms with van der Waals surface area (Å²) in [6, 6.07) is 4.38. The van der Waals surface area contributed by atoms with E-state index < -0.39 is 0 Å². The summed E-state index contributed by atoms with van der Waals surface area (Å²) in [6.07, 6.45) is 3.12. The molecule has 23 heavy (non-hydrogen) atoms. The Balaban J connectivity index is 1.62. The molecular weight excluding hydrogens is 326 g/mol. The van der Waals surface area contributed by atoms with Crippen molar-refractivity contribution in [2.24, 2.45) is 0 Å². The standard InChI is InChI=1S/C17H19N3OS2/c1-11-6-7-22-15(11)9-20(2)10-16(21)19-17-13(8-18)12-4-3-5-14(12)23-17/h6-7H,3-5,9-10H2,1-2H3,(H,19,21)/p+1. The number of hydrogen-bond donors (Lipinski definition) is 2. The second kappa shape index (κ2) is 6.83. The molecule has 1 atom stereocenters. The van der Waals surface area contributed by atoms with Gasteiger partial charge in [0, 0.05) is 4.88 Å². The number of carbonyl (C=O) groups is 1. The van der Waals surface area contributed by atoms with Crippen LogP contribution < -0.4 is 10.2 Å². The van der Waals surface area contributed by atoms with Gasteiger partial charge in [-0.2, -0.15) is 5.26 Å². The van der Waals surface area contributed by atoms with E-state index in [0.29, 0.717) is 12.1 Å². The number of nitrogens with one attached hydrogen (secondary N) is 2. The van der Waals surface area contributed by atoms with Crippen molar-refractivity contribution >= 4 is 33.6 Å². The number of nitriles is 1. The zero-order chi connectivity index (χ0) is 16.4. The van der Waals surface area contributed by atoms with Crippen LogP contribution in [0, 0.1) is 18.3 Å². The van der Waals surface area contributed by atoms with Gasteiger partial charge in [0.05, 0.1) is 17.5 Å². The third-order valence-electron chi connectivity index (χ3n) is 4.18. The zero-order valence-electron chi connectivity index (χ0n) is 13.4. The molecule has 0 saturated heterocycles. The molecule has 0 bridgehead atoms. The van der Waals surface area contributed by atoms with E-state index in [-0.39, 0.29) is 5.91 Å². The lowest BCUT2D eigenvalue weighted by molar-refractivity contribution is -0.884. The Morgan fingerprint density at radius 1 is 1.48 bits per heavy atom. The number of fused-ring (bicyclic) bond motifs is 1. The summed E-state index contributed by atoms with van der Waals surface area (Å²) in [6.45, 7) is 3.36. The van der Waals surface area contributed by atoms with E-state index in [1.807, 2.05) is 7.05 Å². The lowest BCUT2D eigenvalue weighted by atomic mass is 10.1. The third-order valence-corrected chi connectivity index (χ3v) is 6.41. The van der Waals surface area contributed by atoms with Gasteiger partial charge in [0.15, 0.2) is 6.54 Å². The number of quaternary nitrogens is 1. The van der Waals surface area contributed by atoms with Crippen molar-refractivity contribution < 1.29 is 9.69 Å². The SMILES string of the molecule is Cc1ccsc1C[NH+](C)CC(=O)Nc1sc2c(c1C#N)CCC2. The van der Waals surface area contributed by atoms with Crippen LogP contribution in [0.3, 0.4) is 0 Å². The predicted octanol–water partition coefficient (Wildman–Crippen LogP) is 2.13. The molecule has 2 N–H and O–H groups in total. The molecule has 0 spiro atoms. The fraction of sp³-hybridized carbons (Fsp3) is 0.412. The molecule has 1 unspecified atom stereocenters. The molecule has 2 heterocycles. The average Bonchev–Trinajstić information content (AvgIpc) is 3.16. The Morgan fingerprint density at radius 3 is 3.00 bits per heavy atom. The normalized spacial score (nSPS) is 14.3. The minimum absolute atomic E-state index is 0.0202. The first kappa shape index (κ1) is 16.2. The highest BCUT2D eigenvalue weighted by molar-refractivity contribution is 7.16. The first-order chi connectivity index (χ1) is 11.1. The molecular formula is C17H20N3OS2+. The number of nitrogens with zero attached hydrogens (tertiary/aromatic N) is 1. The molecule has 120 valence electrons. The average molecular weight is 347 g/mol. The molecule has 2 aromatic rings. The summed E-state index contributed by atoms with van der Waals surface area (Å²) >= 11 is 3.31. The molecule has 1 aliphatic carbocycles. The van der Waals surface area contributed by atoms with Gasteiger partial charge < -0.3 is 10.2 Å². The first-order valence-corrected chi connectivity index (χ1v) is 9.47. The van der Waals surface area contributed by atoms with E-state index in [2.05, 4.69) is 29.8 Å². The van der Waals surface area contributed by atoms with Crippen LogP contribution in [0.1, 0.15) is 32.9 Å². The number of hydrogen-bond acceptors (Lipinski definition) is 4. The molecule has 0 fully saturated rings. The van der Waals surface area contributed by atoms with E-state index in [4.69, 9.17) is 0 Å². The highest BCUT2D eigenvalue weighted by Gasteiger charge is 2.23. The van der Waals surface area contributed by atoms with Crippen molar-refractivity contribution in [3.8, 4) is 6.07 Å². The van der Waals surface area contributed by atoms with Crippen molar-refractivity contribution in [1.82, 2.24) is 0 Å². The third kappa shape index (κ3) is 3.47. The van der Waals surface area contributed by atoms with Crippen LogP contribution in [-0.2, 0) is 24.2 Å². The van der Waals surface area contributed by atoms with Crippen molar-refractivity contribution in [3.63, 3.8) is 0 Å². The minimum Gasteiger partial charge on any atom is -0.325 e. The quantitative estimate of drug-likeness (QED) is 0.871. The Hall–Kier alpha value is -1.68. The van der Waals surface area contributed by atoms with Crippen molar-refractivity contribution in [2.75, 3.05) is 18.9 Å². The highest BCUT2D eigenvalue weighted by atomic mass is 32.1. The summed E-state index contributed by atoms with van der Waals surface area (Å²) in [4.78, 5) is 16.0. The fourth-order valence-corrected chi connectivity index (χ4v) is 5.25. The lowest BCUT2D eigenvalue weighted by Gasteiger charge is -2.13. The number of anilines is 1. The van der Waals surface area contributed by atoms with Gasteiger partial charge in [0.1, 0.15) is 17.6 Å². The number of likely N-dealkylation sites (N-methyl/N-ethyl adjacent to an activating group) is 1. The molecule has 6 heteroatoms. The second-order valence-corrected chi connectivity index (χ2v) is 8.16. The predicted molar refractivity (Wildman–Crippen MR) is 94.2 cm³/mol. The molecule has 0 radical (unpaired) electrons. The molecule has 4 nitrogen and oxygen atoms in total. The van der Waals surface area contributed by atoms with Crippen LogP contribution in [0.15, 0.2) is 11.4 Å². The number of aryl methyl sites for hydroxylation is 2. The van der Waals surface area contributed by atoms with Crippen LogP contribution in [0.5, 0.6) is 0 Å². The Kier molecular flexibility index (Phi) is 4.81. The van der Waals surface area contributed by atoms with E-state index in [1.54, 1.807) is 22.7 Å². The molecule has 0 aromatic carbocycles. The smallest absolute Gasteiger partial charge is 0.280 e. The topological polar surface area (TPSA) is 57.3 Å². The van der Waals surface area contributed by atoms with Crippen LogP contribution in [0.4, 0.5) is 5.00 Å². The van der Waals surface area contributed by atoms with E-state index in [1.165, 1.54) is 15.3 Å². The van der Waals surface area contributed by atoms with E-state index in [9.17, 15) is 10.1 Å². The maximum atomic E-state index is 12.3. The Labute approximate surface area is 144 Å². The largest absolute Gasteiger partial charge is 0.325 e. The highest BCUT2D eigenvalue weighted by Crippen LogP contribution is 2.38. The lowest BCUT2D eigenvalue weighted by Crippen LogP contribution is -3.08. The zero-order valence-corrected chi connectivity index (χ0v) is 15.0. The monoisotopic (exact) mass is 346 g/mol. The van der Waals surface area contributed by atoms with Gasteiger partial charge in [-0.15, -0.1) is 22.7 Å². The summed E-state index contributed by atoms with van der Waals surface area (Å²) in [5.41, 5.74) is 3.13. The summed E-state index contributed by atoms with van der Waals surface area (Å²) < 4.78 is 0. The van der Waals surface area contributed by atoms with Gasteiger partial charge in [-0.1, -0.05) is 0 Å². The Bertz CT molecular complexity index is 769. The molecule has 2 aromatic heterocycles. The summed E-state index contributed by atoms with van der Waals surface area (Å²) in [5.74, 6) is -0.0202. The summed E-state index contributed by atoms with van der Waals surface area (Å²) in [7, 11) is 2.03. The molecule has 1 aliphatic rings. The van der Waals surface area contributed by atoms with E-state index in [0.717, 1.165) is 41.3 Å². The second-order valence-electron chi connectivity index (χ2n) is 6.06. The van der Waals surface area contributed by atoms with Gasteiger partial charge in [-0.05, 0) is 48.8 Å². The minimum atomic E-state index is -0.0202. The molecule has 1 amide bonds. The van der Waals surface area contributed by atoms with Gasteiger partial charge >= 0.3 is 0 Å². The first-order valence-electron chi connectivity index (χ1n) is 7.77. The van der Waals surface area contributed by atoms with Crippen LogP contribution in [-0.4, -0.2) is 19.5 Å². The Morgan fingerprint density at radius 2 is 2.30 bits per heavy atom. The van der Waals surface area contributed by atoms with Crippen LogP contribution >= 0.6 is 22.7 Å². The maximum absolute atomic E-state index is 12.3. The van der Waals surface area contributed by atoms with Crippen molar-refractivity contribution in [1.29, 1.82) is 5.26 Å². The van der Waals surface area contributed by atoms with Crippen LogP contribution in [0.25, 0.3) is 0 Å². The number of amides is 1. The van der Waals surface area contributed by atoms with Crippen LogP contribution in [0.2, 0.25) is 0 Å². The van der Waals surface area contributed by atoms with Gasteiger partial charge in [-0.25, -0.2) is 0 Å². The number of rotatable bonds is 5. The van der Waals surface area contributed by atoms with Gasteiger partial charge in [-0.3, -0.25) is 4.79 Å². The van der Waals surface area contributed by atoms with Crippen molar-refractivity contribution in [2.45, 2.75) is 32.7 Å². The molecule has 3 rings (SSSR count). The fourth-order valence-electron chi connectivity index (χ4n) is 2.98. The maximum Gasteiger partial charge on any atom is 0.280 e. The molecule has 0 saturated carbocycles. The van der Waals surface area contributed by atoms with Gasteiger partial charge in [0.2, 0.25) is 0 Å². The summed E-state index contributed by atoms with van der Waals surface area (Å²) in [5, 5.41) is 15.2.